The van der Waals surface area contributed by atoms with Gasteiger partial charge in [0.2, 0.25) is 0 Å². The third-order valence-corrected chi connectivity index (χ3v) is 10.4. The van der Waals surface area contributed by atoms with E-state index in [-0.39, 0.29) is 6.29 Å². The molecule has 1 N–H and O–H groups in total. The van der Waals surface area contributed by atoms with Crippen LogP contribution in [0.5, 0.6) is 0 Å². The van der Waals surface area contributed by atoms with Crippen molar-refractivity contribution in [3.05, 3.63) is 88.7 Å². The third kappa shape index (κ3) is 3.22. The van der Waals surface area contributed by atoms with Crippen LogP contribution in [0.2, 0.25) is 0 Å². The number of nitrogens with one attached hydrogen (secondary N) is 1. The third-order valence-electron chi connectivity index (χ3n) is 10.4. The van der Waals surface area contributed by atoms with Gasteiger partial charge in [-0.2, -0.15) is 0 Å². The summed E-state index contributed by atoms with van der Waals surface area (Å²) in [7, 11) is 0. The maximum atomic E-state index is 3.95. The Morgan fingerprint density at radius 2 is 0.732 bits per heavy atom. The lowest BCUT2D eigenvalue weighted by molar-refractivity contribution is 0.327. The molecule has 0 saturated carbocycles. The van der Waals surface area contributed by atoms with E-state index >= 15 is 0 Å². The predicted octanol–water partition coefficient (Wildman–Crippen LogP) is 4.73. The fourth-order valence-corrected chi connectivity index (χ4v) is 8.80. The molecule has 3 aliphatic heterocycles. The molecular weight excluding hydrogens is 500 g/mol. The number of hydrogen-bond donors (Lipinski definition) is 1. The topological polar surface area (TPSA) is 30.6 Å². The Morgan fingerprint density at radius 1 is 0.415 bits per heavy atom. The number of aromatic amines is 1. The van der Waals surface area contributed by atoms with Crippen molar-refractivity contribution in [3.8, 4) is 0 Å². The lowest BCUT2D eigenvalue weighted by Gasteiger charge is -2.33. The zero-order valence-corrected chi connectivity index (χ0v) is 26.4. The van der Waals surface area contributed by atoms with Gasteiger partial charge in [-0.25, -0.2) is 0 Å². The molecule has 0 aromatic carbocycles. The standard InChI is InChI=1S/C37H46N4/c1-9-21-22(10-2)30-18-32-24(12-4)26(14-6)34-20-36-28(16-8)27(15-7)35-19-33-25(13-5)23(11-3)31(17-29(21)38-30)39(33)37(40(32)34)41(35)36/h17-20,37-38H,9-16H2,1-8H3. The fraction of sp³-hybridized carbons (Fsp3) is 0.459. The van der Waals surface area contributed by atoms with Crippen LogP contribution in [0.3, 0.4) is 0 Å². The van der Waals surface area contributed by atoms with E-state index in [1.54, 1.807) is 0 Å². The SMILES string of the molecule is CCc1c2[nH]c(c1CC)C=c1c(CC)c(CC)c3n1C1n4c(c(CC)c(CC)c4C=3)C=c3c(CC)c(CC)c(n31)=C2. The second-order valence-corrected chi connectivity index (χ2v) is 12.0. The Morgan fingerprint density at radius 3 is 1.05 bits per heavy atom. The molecule has 3 aliphatic rings. The smallest absolute Gasteiger partial charge is 0.194 e. The van der Waals surface area contributed by atoms with Gasteiger partial charge in [0.15, 0.2) is 6.29 Å². The van der Waals surface area contributed by atoms with E-state index in [1.807, 2.05) is 0 Å². The molecule has 0 fully saturated rings. The summed E-state index contributed by atoms with van der Waals surface area (Å²) in [6.45, 7) is 18.7. The highest BCUT2D eigenvalue weighted by molar-refractivity contribution is 5.69. The number of hydrogen-bond acceptors (Lipinski definition) is 0. The molecule has 0 spiro atoms. The summed E-state index contributed by atoms with van der Waals surface area (Å²) in [5.41, 5.74) is 17.5. The molecule has 4 nitrogen and oxygen atoms in total. The van der Waals surface area contributed by atoms with Crippen molar-refractivity contribution in [3.63, 3.8) is 0 Å². The van der Waals surface area contributed by atoms with Crippen LogP contribution < -0.4 is 21.4 Å². The molecule has 7 rings (SSSR count). The number of H-pyrrole nitrogens is 1. The summed E-state index contributed by atoms with van der Waals surface area (Å²) in [5.74, 6) is 0. The Kier molecular flexibility index (Phi) is 6.19. The molecule has 2 bridgehead atoms. The summed E-state index contributed by atoms with van der Waals surface area (Å²) >= 11 is 0. The van der Waals surface area contributed by atoms with Crippen LogP contribution in [-0.2, 0) is 51.4 Å². The molecule has 0 radical (unpaired) electrons. The van der Waals surface area contributed by atoms with Gasteiger partial charge in [0.25, 0.3) is 0 Å². The Balaban J connectivity index is 1.82. The minimum atomic E-state index is 0.0631. The molecule has 0 atom stereocenters. The first-order chi connectivity index (χ1) is 20.0. The van der Waals surface area contributed by atoms with E-state index in [1.165, 1.54) is 88.7 Å². The first-order valence-corrected chi connectivity index (χ1v) is 16.4. The van der Waals surface area contributed by atoms with Crippen molar-refractivity contribution in [2.24, 2.45) is 0 Å². The Bertz CT molecular complexity index is 1840. The van der Waals surface area contributed by atoms with Crippen molar-refractivity contribution in [1.29, 1.82) is 0 Å². The minimum absolute atomic E-state index is 0.0631. The average molecular weight is 547 g/mol. The summed E-state index contributed by atoms with van der Waals surface area (Å²) in [6.07, 6.45) is 18.6. The van der Waals surface area contributed by atoms with Crippen molar-refractivity contribution in [2.45, 2.75) is 113 Å². The van der Waals surface area contributed by atoms with Crippen molar-refractivity contribution >= 4 is 24.3 Å². The number of aromatic nitrogens is 4. The monoisotopic (exact) mass is 546 g/mol. The lowest BCUT2D eigenvalue weighted by atomic mass is 10.0. The lowest BCUT2D eigenvalue weighted by Crippen LogP contribution is -2.51. The van der Waals surface area contributed by atoms with E-state index < -0.39 is 0 Å². The van der Waals surface area contributed by atoms with Gasteiger partial charge >= 0.3 is 0 Å². The molecule has 214 valence electrons. The summed E-state index contributed by atoms with van der Waals surface area (Å²) in [5, 5.41) is 5.61. The number of nitrogens with zero attached hydrogens (tertiary/aromatic N) is 3. The zero-order valence-electron chi connectivity index (χ0n) is 26.4. The normalized spacial score (nSPS) is 15.7. The van der Waals surface area contributed by atoms with Gasteiger partial charge in [-0.05, 0) is 120 Å². The number of fused-ring (bicyclic) bond motifs is 2. The van der Waals surface area contributed by atoms with E-state index in [9.17, 15) is 0 Å². The van der Waals surface area contributed by atoms with Crippen molar-refractivity contribution in [2.75, 3.05) is 0 Å². The summed E-state index contributed by atoms with van der Waals surface area (Å²) in [4.78, 5) is 3.95. The van der Waals surface area contributed by atoms with Crippen molar-refractivity contribution in [1.82, 2.24) is 18.7 Å². The van der Waals surface area contributed by atoms with Gasteiger partial charge in [0.05, 0.1) is 32.8 Å². The molecule has 0 amide bonds. The highest BCUT2D eigenvalue weighted by Crippen LogP contribution is 2.35. The molecule has 4 aromatic heterocycles. The van der Waals surface area contributed by atoms with Crippen LogP contribution >= 0.6 is 0 Å². The van der Waals surface area contributed by atoms with Gasteiger partial charge in [0.1, 0.15) is 0 Å². The van der Waals surface area contributed by atoms with Crippen molar-refractivity contribution < 1.29 is 0 Å². The zero-order chi connectivity index (χ0) is 28.7. The van der Waals surface area contributed by atoms with E-state index in [4.69, 9.17) is 0 Å². The number of rotatable bonds is 8. The molecule has 0 aliphatic carbocycles. The van der Waals surface area contributed by atoms with Crippen LogP contribution in [0.1, 0.15) is 129 Å². The van der Waals surface area contributed by atoms with Gasteiger partial charge in [-0.1, -0.05) is 55.4 Å². The summed E-state index contributed by atoms with van der Waals surface area (Å²) in [6, 6.07) is 0. The second-order valence-electron chi connectivity index (χ2n) is 12.0. The van der Waals surface area contributed by atoms with Gasteiger partial charge < -0.3 is 18.7 Å². The highest BCUT2D eigenvalue weighted by atomic mass is 15.4. The molecule has 4 heteroatoms. The van der Waals surface area contributed by atoms with E-state index in [2.05, 4.69) is 98.4 Å². The van der Waals surface area contributed by atoms with E-state index in [0.29, 0.717) is 0 Å². The largest absolute Gasteiger partial charge is 0.355 e. The fourth-order valence-electron chi connectivity index (χ4n) is 8.80. The molecular formula is C37H46N4. The van der Waals surface area contributed by atoms with Gasteiger partial charge in [0, 0.05) is 11.4 Å². The van der Waals surface area contributed by atoms with Gasteiger partial charge in [-0.15, -0.1) is 0 Å². The molecule has 4 aromatic rings. The van der Waals surface area contributed by atoms with Crippen LogP contribution in [0.25, 0.3) is 24.3 Å². The average Bonchev–Trinajstić information content (AvgIpc) is 3.68. The molecule has 7 heterocycles. The maximum absolute atomic E-state index is 3.95. The summed E-state index contributed by atoms with van der Waals surface area (Å²) < 4.78 is 8.14. The Labute approximate surface area is 244 Å². The van der Waals surface area contributed by atoms with Crippen LogP contribution in [0, 0.1) is 0 Å². The van der Waals surface area contributed by atoms with Crippen LogP contribution in [0.15, 0.2) is 0 Å². The Hall–Kier alpha value is -3.40. The van der Waals surface area contributed by atoms with Crippen LogP contribution in [-0.4, -0.2) is 18.7 Å². The highest BCUT2D eigenvalue weighted by Gasteiger charge is 2.36. The predicted molar refractivity (Wildman–Crippen MR) is 172 cm³/mol. The quantitative estimate of drug-likeness (QED) is 0.286. The molecule has 0 unspecified atom stereocenters. The molecule has 0 saturated heterocycles. The first kappa shape index (κ1) is 26.5. The van der Waals surface area contributed by atoms with E-state index in [0.717, 1.165) is 51.4 Å². The maximum Gasteiger partial charge on any atom is 0.194 e. The molecule has 41 heavy (non-hydrogen) atoms. The first-order valence-electron chi connectivity index (χ1n) is 16.4. The van der Waals surface area contributed by atoms with Gasteiger partial charge in [-0.3, -0.25) is 0 Å². The van der Waals surface area contributed by atoms with Crippen LogP contribution in [0.4, 0.5) is 0 Å². The second kappa shape index (κ2) is 9.58. The minimum Gasteiger partial charge on any atom is -0.355 e.